The van der Waals surface area contributed by atoms with Crippen molar-refractivity contribution in [2.45, 2.75) is 48.1 Å². The van der Waals surface area contributed by atoms with E-state index in [1.165, 1.54) is 14.1 Å². The zero-order valence-electron chi connectivity index (χ0n) is 13.5. The smallest absolute Gasteiger partial charge is 0.273 e. The second kappa shape index (κ2) is 7.21. The van der Waals surface area contributed by atoms with E-state index in [2.05, 4.69) is 4.72 Å². The van der Waals surface area contributed by atoms with E-state index in [1.807, 2.05) is 4.72 Å². The fraction of sp³-hybridized carbons (Fsp3) is 0.615. The van der Waals surface area contributed by atoms with Crippen molar-refractivity contribution in [3.8, 4) is 0 Å². The molecule has 24 heavy (non-hydrogen) atoms. The van der Waals surface area contributed by atoms with Crippen LogP contribution >= 0.6 is 0 Å². The topological polar surface area (TPSA) is 132 Å². The Morgan fingerprint density at radius 1 is 1.12 bits per heavy atom. The third kappa shape index (κ3) is 3.97. The van der Waals surface area contributed by atoms with Gasteiger partial charge in [0.15, 0.2) is 6.04 Å². The molecule has 0 unspecified atom stereocenters. The SMILES string of the molecule is CNS(=O)(=O)c1cc(S(=O)(=O)NC)c(C=[N+]([O-])C2CCCCC2)o1. The van der Waals surface area contributed by atoms with E-state index in [9.17, 15) is 22.0 Å². The Morgan fingerprint density at radius 3 is 2.25 bits per heavy atom. The van der Waals surface area contributed by atoms with Gasteiger partial charge in [0.1, 0.15) is 4.90 Å². The van der Waals surface area contributed by atoms with Crippen LogP contribution in [0.4, 0.5) is 0 Å². The van der Waals surface area contributed by atoms with Gasteiger partial charge in [-0.15, -0.1) is 0 Å². The fourth-order valence-corrected chi connectivity index (χ4v) is 4.16. The summed E-state index contributed by atoms with van der Waals surface area (Å²) in [6, 6.07) is 0.622. The Balaban J connectivity index is 2.51. The lowest BCUT2D eigenvalue weighted by atomic mass is 9.96. The number of hydroxylamine groups is 1. The van der Waals surface area contributed by atoms with Gasteiger partial charge in [0.25, 0.3) is 10.0 Å². The molecule has 0 spiro atoms. The lowest BCUT2D eigenvalue weighted by molar-refractivity contribution is -0.501. The van der Waals surface area contributed by atoms with Crippen molar-refractivity contribution < 1.29 is 26.0 Å². The van der Waals surface area contributed by atoms with E-state index in [-0.39, 0.29) is 11.8 Å². The zero-order valence-corrected chi connectivity index (χ0v) is 15.1. The monoisotopic (exact) mass is 379 g/mol. The molecule has 1 saturated carbocycles. The molecule has 11 heteroatoms. The van der Waals surface area contributed by atoms with E-state index in [0.717, 1.165) is 31.5 Å². The largest absolute Gasteiger partial charge is 0.624 e. The summed E-state index contributed by atoms with van der Waals surface area (Å²) in [5.41, 5.74) is 0. The Labute approximate surface area is 141 Å². The predicted molar refractivity (Wildman–Crippen MR) is 86.9 cm³/mol. The van der Waals surface area contributed by atoms with Crippen molar-refractivity contribution >= 4 is 26.3 Å². The first-order valence-corrected chi connectivity index (χ1v) is 10.5. The van der Waals surface area contributed by atoms with Crippen LogP contribution in [-0.4, -0.2) is 47.9 Å². The van der Waals surface area contributed by atoms with Crippen molar-refractivity contribution in [3.63, 3.8) is 0 Å². The number of nitrogens with zero attached hydrogens (tertiary/aromatic N) is 1. The second-order valence-electron chi connectivity index (χ2n) is 5.49. The highest BCUT2D eigenvalue weighted by molar-refractivity contribution is 7.90. The Bertz CT molecular complexity index is 820. The van der Waals surface area contributed by atoms with Crippen LogP contribution in [0.2, 0.25) is 0 Å². The molecule has 1 aliphatic rings. The lowest BCUT2D eigenvalue weighted by Crippen LogP contribution is -2.26. The van der Waals surface area contributed by atoms with Crippen molar-refractivity contribution in [1.82, 2.24) is 9.44 Å². The van der Waals surface area contributed by atoms with E-state index < -0.39 is 30.0 Å². The first-order chi connectivity index (χ1) is 11.2. The average molecular weight is 379 g/mol. The van der Waals surface area contributed by atoms with E-state index in [4.69, 9.17) is 4.42 Å². The molecule has 1 aliphatic carbocycles. The number of furan rings is 1. The minimum atomic E-state index is -3.99. The molecule has 0 radical (unpaired) electrons. The highest BCUT2D eigenvalue weighted by Crippen LogP contribution is 2.24. The summed E-state index contributed by atoms with van der Waals surface area (Å²) in [5.74, 6) is -0.307. The van der Waals surface area contributed by atoms with Gasteiger partial charge < -0.3 is 9.62 Å². The molecule has 0 amide bonds. The van der Waals surface area contributed by atoms with Crippen LogP contribution < -0.4 is 9.44 Å². The molecule has 0 bridgehead atoms. The maximum absolute atomic E-state index is 12.3. The quantitative estimate of drug-likeness (QED) is 0.317. The van der Waals surface area contributed by atoms with Gasteiger partial charge in [-0.2, -0.15) is 0 Å². The maximum Gasteiger partial charge on any atom is 0.273 e. The molecule has 1 aromatic rings. The maximum atomic E-state index is 12.3. The van der Waals surface area contributed by atoms with Crippen molar-refractivity contribution in [1.29, 1.82) is 0 Å². The number of sulfonamides is 2. The van der Waals surface area contributed by atoms with Crippen molar-refractivity contribution in [2.24, 2.45) is 0 Å². The third-order valence-corrected chi connectivity index (χ3v) is 6.68. The summed E-state index contributed by atoms with van der Waals surface area (Å²) in [6.45, 7) is 0. The molecule has 2 N–H and O–H groups in total. The highest BCUT2D eigenvalue weighted by atomic mass is 32.2. The minimum Gasteiger partial charge on any atom is -0.624 e. The van der Waals surface area contributed by atoms with Crippen molar-refractivity contribution in [3.05, 3.63) is 17.0 Å². The number of hydrogen-bond donors (Lipinski definition) is 2. The van der Waals surface area contributed by atoms with E-state index in [0.29, 0.717) is 17.6 Å². The fourth-order valence-electron chi connectivity index (χ4n) is 2.57. The molecular formula is C13H21N3O6S2. The van der Waals surface area contributed by atoms with Gasteiger partial charge in [0, 0.05) is 18.9 Å². The molecule has 0 aliphatic heterocycles. The van der Waals surface area contributed by atoms with Crippen LogP contribution in [0.5, 0.6) is 0 Å². The summed E-state index contributed by atoms with van der Waals surface area (Å²) in [5, 5.41) is 11.7. The molecule has 9 nitrogen and oxygen atoms in total. The standard InChI is InChI=1S/C13H21N3O6S2/c1-14-23(18,19)12-8-13(24(20,21)15-2)22-11(12)9-16(17)10-6-4-3-5-7-10/h8-10,14-15H,3-7H2,1-2H3. The van der Waals surface area contributed by atoms with Crippen molar-refractivity contribution in [2.75, 3.05) is 14.1 Å². The molecule has 0 aromatic carbocycles. The molecule has 0 atom stereocenters. The lowest BCUT2D eigenvalue weighted by Gasteiger charge is -2.20. The molecule has 136 valence electrons. The third-order valence-electron chi connectivity index (χ3n) is 3.97. The normalized spacial score (nSPS) is 18.0. The van der Waals surface area contributed by atoms with Crippen LogP contribution in [0.3, 0.4) is 0 Å². The van der Waals surface area contributed by atoms with Gasteiger partial charge in [0.05, 0.1) is 0 Å². The van der Waals surface area contributed by atoms with Crippen LogP contribution in [0, 0.1) is 5.21 Å². The summed E-state index contributed by atoms with van der Waals surface area (Å²) < 4.78 is 57.8. The Kier molecular flexibility index (Phi) is 5.68. The van der Waals surface area contributed by atoms with Gasteiger partial charge in [-0.3, -0.25) is 0 Å². The second-order valence-corrected chi connectivity index (χ2v) is 9.16. The molecule has 0 saturated heterocycles. The molecule has 1 fully saturated rings. The van der Waals surface area contributed by atoms with E-state index >= 15 is 0 Å². The average Bonchev–Trinajstić information content (AvgIpc) is 3.01. The van der Waals surface area contributed by atoms with Gasteiger partial charge in [-0.1, -0.05) is 6.42 Å². The van der Waals surface area contributed by atoms with Crippen LogP contribution in [0.15, 0.2) is 20.5 Å². The zero-order chi connectivity index (χ0) is 18.0. The predicted octanol–water partition coefficient (Wildman–Crippen LogP) is 0.358. The summed E-state index contributed by atoms with van der Waals surface area (Å²) in [4.78, 5) is -0.393. The first-order valence-electron chi connectivity index (χ1n) is 7.52. The Morgan fingerprint density at radius 2 is 1.71 bits per heavy atom. The van der Waals surface area contributed by atoms with Gasteiger partial charge >= 0.3 is 0 Å². The highest BCUT2D eigenvalue weighted by Gasteiger charge is 2.29. The number of hydrogen-bond acceptors (Lipinski definition) is 6. The van der Waals surface area contributed by atoms with Gasteiger partial charge in [-0.25, -0.2) is 31.0 Å². The van der Waals surface area contributed by atoms with Crippen LogP contribution in [0.1, 0.15) is 37.9 Å². The number of rotatable bonds is 6. The summed E-state index contributed by atoms with van der Waals surface area (Å²) >= 11 is 0. The Hall–Kier alpha value is -1.43. The molecule has 1 heterocycles. The van der Waals surface area contributed by atoms with Crippen LogP contribution in [-0.2, 0) is 20.0 Å². The number of nitrogens with one attached hydrogen (secondary N) is 2. The minimum absolute atomic E-state index is 0.265. The molecule has 1 aromatic heterocycles. The molecular weight excluding hydrogens is 358 g/mol. The first kappa shape index (κ1) is 18.9. The van der Waals surface area contributed by atoms with Gasteiger partial charge in [0.2, 0.25) is 27.1 Å². The summed E-state index contributed by atoms with van der Waals surface area (Å²) in [7, 11) is -5.60. The van der Waals surface area contributed by atoms with Crippen LogP contribution in [0.25, 0.3) is 0 Å². The summed E-state index contributed by atoms with van der Waals surface area (Å²) in [6.07, 6.45) is 5.34. The molecule has 2 rings (SSSR count). The van der Waals surface area contributed by atoms with Gasteiger partial charge in [-0.05, 0) is 26.9 Å². The van der Waals surface area contributed by atoms with E-state index in [1.54, 1.807) is 0 Å².